The lowest BCUT2D eigenvalue weighted by molar-refractivity contribution is 0.356. The minimum atomic E-state index is 0.304. The normalized spacial score (nSPS) is 19.8. The van der Waals surface area contributed by atoms with Crippen molar-refractivity contribution >= 4 is 5.82 Å². The van der Waals surface area contributed by atoms with Crippen molar-refractivity contribution in [1.29, 1.82) is 0 Å². The zero-order valence-electron chi connectivity index (χ0n) is 9.58. The molecule has 1 fully saturated rings. The number of hydrogen-bond acceptors (Lipinski definition) is 6. The Labute approximate surface area is 98.7 Å². The van der Waals surface area contributed by atoms with Crippen molar-refractivity contribution in [2.75, 3.05) is 18.0 Å². The lowest BCUT2D eigenvalue weighted by Gasteiger charge is -2.15. The first-order chi connectivity index (χ1) is 8.33. The Morgan fingerprint density at radius 3 is 3.06 bits per heavy atom. The third-order valence-electron chi connectivity index (χ3n) is 2.95. The van der Waals surface area contributed by atoms with Crippen molar-refractivity contribution in [3.05, 3.63) is 30.3 Å². The first-order valence-electron chi connectivity index (χ1n) is 5.64. The highest BCUT2D eigenvalue weighted by Gasteiger charge is 2.28. The number of hydrogen-bond donors (Lipinski definition) is 0. The van der Waals surface area contributed by atoms with E-state index in [1.54, 1.807) is 18.6 Å². The topological polar surface area (TPSA) is 67.9 Å². The van der Waals surface area contributed by atoms with Crippen molar-refractivity contribution in [2.45, 2.75) is 19.3 Å². The SMILES string of the molecule is Cc1noc([C@H]2CCN(c3cnccn3)C2)n1. The minimum absolute atomic E-state index is 0.304. The number of anilines is 1. The molecule has 0 N–H and O–H groups in total. The Bertz CT molecular complexity index is 498. The zero-order valence-corrected chi connectivity index (χ0v) is 9.58. The molecule has 17 heavy (non-hydrogen) atoms. The molecule has 0 aliphatic carbocycles. The maximum Gasteiger partial charge on any atom is 0.231 e. The van der Waals surface area contributed by atoms with Crippen molar-refractivity contribution in [3.8, 4) is 0 Å². The third kappa shape index (κ3) is 1.98. The summed E-state index contributed by atoms with van der Waals surface area (Å²) in [4.78, 5) is 14.8. The van der Waals surface area contributed by atoms with Crippen molar-refractivity contribution in [1.82, 2.24) is 20.1 Å². The predicted molar refractivity (Wildman–Crippen MR) is 60.6 cm³/mol. The summed E-state index contributed by atoms with van der Waals surface area (Å²) in [6, 6.07) is 0. The molecule has 6 heteroatoms. The number of aromatic nitrogens is 4. The Hall–Kier alpha value is -1.98. The highest BCUT2D eigenvalue weighted by Crippen LogP contribution is 2.28. The Balaban J connectivity index is 1.74. The predicted octanol–water partition coefficient (Wildman–Crippen LogP) is 1.16. The number of nitrogens with zero attached hydrogens (tertiary/aromatic N) is 5. The van der Waals surface area contributed by atoms with Crippen LogP contribution >= 0.6 is 0 Å². The lowest BCUT2D eigenvalue weighted by Crippen LogP contribution is -2.20. The maximum atomic E-state index is 5.21. The van der Waals surface area contributed by atoms with Crippen LogP contribution in [-0.4, -0.2) is 33.2 Å². The van der Waals surface area contributed by atoms with Gasteiger partial charge in [-0.25, -0.2) is 4.98 Å². The first-order valence-corrected chi connectivity index (χ1v) is 5.64. The van der Waals surface area contributed by atoms with Gasteiger partial charge in [0.1, 0.15) is 5.82 Å². The fraction of sp³-hybridized carbons (Fsp3) is 0.455. The van der Waals surface area contributed by atoms with E-state index in [4.69, 9.17) is 4.52 Å². The van der Waals surface area contributed by atoms with Crippen LogP contribution in [0.25, 0.3) is 0 Å². The molecule has 3 rings (SSSR count). The summed E-state index contributed by atoms with van der Waals surface area (Å²) in [5, 5.41) is 3.83. The molecule has 0 saturated carbocycles. The second kappa shape index (κ2) is 4.12. The molecule has 2 aromatic heterocycles. The highest BCUT2D eigenvalue weighted by atomic mass is 16.5. The molecule has 1 aliphatic rings. The van der Waals surface area contributed by atoms with Crippen LogP contribution in [0.2, 0.25) is 0 Å². The number of aryl methyl sites for hydroxylation is 1. The van der Waals surface area contributed by atoms with Crippen LogP contribution in [-0.2, 0) is 0 Å². The summed E-state index contributed by atoms with van der Waals surface area (Å²) in [6.45, 7) is 3.65. The summed E-state index contributed by atoms with van der Waals surface area (Å²) in [6.07, 6.45) is 6.18. The van der Waals surface area contributed by atoms with Crippen LogP contribution in [0.4, 0.5) is 5.82 Å². The quantitative estimate of drug-likeness (QED) is 0.772. The molecule has 2 aromatic rings. The Kier molecular flexibility index (Phi) is 2.47. The van der Waals surface area contributed by atoms with Gasteiger partial charge < -0.3 is 9.42 Å². The molecule has 0 aromatic carbocycles. The molecule has 0 radical (unpaired) electrons. The van der Waals surface area contributed by atoms with E-state index in [2.05, 4.69) is 25.0 Å². The van der Waals surface area contributed by atoms with Gasteiger partial charge in [0.05, 0.1) is 12.1 Å². The van der Waals surface area contributed by atoms with Gasteiger partial charge in [-0.1, -0.05) is 5.16 Å². The fourth-order valence-electron chi connectivity index (χ4n) is 2.10. The van der Waals surface area contributed by atoms with Gasteiger partial charge in [0, 0.05) is 25.5 Å². The van der Waals surface area contributed by atoms with E-state index in [9.17, 15) is 0 Å². The number of rotatable bonds is 2. The summed E-state index contributed by atoms with van der Waals surface area (Å²) >= 11 is 0. The second-order valence-electron chi connectivity index (χ2n) is 4.18. The maximum absolute atomic E-state index is 5.21. The molecular weight excluding hydrogens is 218 g/mol. The molecule has 88 valence electrons. The molecule has 0 amide bonds. The van der Waals surface area contributed by atoms with E-state index in [-0.39, 0.29) is 0 Å². The summed E-state index contributed by atoms with van der Waals surface area (Å²) in [5.41, 5.74) is 0. The standard InChI is InChI=1S/C11H13N5O/c1-8-14-11(17-15-8)9-2-5-16(7-9)10-6-12-3-4-13-10/h3-4,6,9H,2,5,7H2,1H3/t9-/m0/s1. The first kappa shape index (κ1) is 10.2. The van der Waals surface area contributed by atoms with Crippen LogP contribution in [0.15, 0.2) is 23.1 Å². The van der Waals surface area contributed by atoms with Crippen LogP contribution in [0.1, 0.15) is 24.1 Å². The zero-order chi connectivity index (χ0) is 11.7. The van der Waals surface area contributed by atoms with Gasteiger partial charge >= 0.3 is 0 Å². The third-order valence-corrected chi connectivity index (χ3v) is 2.95. The van der Waals surface area contributed by atoms with E-state index >= 15 is 0 Å². The van der Waals surface area contributed by atoms with Gasteiger partial charge in [-0.15, -0.1) is 0 Å². The van der Waals surface area contributed by atoms with Crippen molar-refractivity contribution < 1.29 is 4.52 Å². The average Bonchev–Trinajstić information content (AvgIpc) is 2.98. The lowest BCUT2D eigenvalue weighted by atomic mass is 10.1. The molecule has 3 heterocycles. The Morgan fingerprint density at radius 2 is 2.35 bits per heavy atom. The minimum Gasteiger partial charge on any atom is -0.355 e. The molecule has 0 bridgehead atoms. The van der Waals surface area contributed by atoms with Crippen LogP contribution in [0.5, 0.6) is 0 Å². The summed E-state index contributed by atoms with van der Waals surface area (Å²) in [5.74, 6) is 2.64. The van der Waals surface area contributed by atoms with Gasteiger partial charge in [-0.2, -0.15) is 4.98 Å². The van der Waals surface area contributed by atoms with Crippen LogP contribution in [0, 0.1) is 6.92 Å². The van der Waals surface area contributed by atoms with Crippen LogP contribution < -0.4 is 4.90 Å². The highest BCUT2D eigenvalue weighted by molar-refractivity contribution is 5.37. The molecular formula is C11H13N5O. The average molecular weight is 231 g/mol. The van der Waals surface area contributed by atoms with E-state index < -0.39 is 0 Å². The van der Waals surface area contributed by atoms with Gasteiger partial charge in [-0.3, -0.25) is 4.98 Å². The van der Waals surface area contributed by atoms with Crippen LogP contribution in [0.3, 0.4) is 0 Å². The van der Waals surface area contributed by atoms with E-state index in [0.29, 0.717) is 11.7 Å². The van der Waals surface area contributed by atoms with E-state index in [0.717, 1.165) is 31.2 Å². The molecule has 1 aliphatic heterocycles. The molecule has 6 nitrogen and oxygen atoms in total. The molecule has 0 unspecified atom stereocenters. The van der Waals surface area contributed by atoms with Crippen molar-refractivity contribution in [3.63, 3.8) is 0 Å². The monoisotopic (exact) mass is 231 g/mol. The van der Waals surface area contributed by atoms with E-state index in [1.165, 1.54) is 0 Å². The van der Waals surface area contributed by atoms with Gasteiger partial charge in [0.2, 0.25) is 5.89 Å². The van der Waals surface area contributed by atoms with Gasteiger partial charge in [0.25, 0.3) is 0 Å². The largest absolute Gasteiger partial charge is 0.355 e. The van der Waals surface area contributed by atoms with E-state index in [1.807, 2.05) is 6.92 Å². The Morgan fingerprint density at radius 1 is 1.41 bits per heavy atom. The van der Waals surface area contributed by atoms with Gasteiger partial charge in [-0.05, 0) is 13.3 Å². The van der Waals surface area contributed by atoms with Gasteiger partial charge in [0.15, 0.2) is 5.82 Å². The summed E-state index contributed by atoms with van der Waals surface area (Å²) < 4.78 is 5.21. The van der Waals surface area contributed by atoms with Crippen molar-refractivity contribution in [2.24, 2.45) is 0 Å². The summed E-state index contributed by atoms with van der Waals surface area (Å²) in [7, 11) is 0. The second-order valence-corrected chi connectivity index (χ2v) is 4.18. The molecule has 1 saturated heterocycles. The molecule has 1 atom stereocenters. The fourth-order valence-corrected chi connectivity index (χ4v) is 2.10. The smallest absolute Gasteiger partial charge is 0.231 e. The molecule has 0 spiro atoms.